The second kappa shape index (κ2) is 13.1. The van der Waals surface area contributed by atoms with Gasteiger partial charge in [0.2, 0.25) is 5.89 Å². The largest absolute Gasteiger partial charge is 0.439 e. The topological polar surface area (TPSA) is 133 Å². The highest BCUT2D eigenvalue weighted by molar-refractivity contribution is 5.80. The van der Waals surface area contributed by atoms with Crippen molar-refractivity contribution in [2.24, 2.45) is 0 Å². The molecule has 0 atom stereocenters. The van der Waals surface area contributed by atoms with Crippen LogP contribution in [-0.4, -0.2) is 29.8 Å². The highest BCUT2D eigenvalue weighted by Crippen LogP contribution is 2.30. The number of aromatic amines is 1. The number of nitrogens with one attached hydrogen (secondary N) is 1. The van der Waals surface area contributed by atoms with Gasteiger partial charge in [0, 0.05) is 29.7 Å². The number of hydrogen-bond donors (Lipinski definition) is 1. The first-order chi connectivity index (χ1) is 21.9. The number of unbranched alkanes of at least 4 members (excludes halogenated alkanes) is 1. The fraction of sp³-hybridized carbons (Fsp3) is 0.257. The van der Waals surface area contributed by atoms with Crippen molar-refractivity contribution in [2.45, 2.75) is 59.4 Å². The van der Waals surface area contributed by atoms with E-state index in [1.54, 1.807) is 4.57 Å². The zero-order valence-corrected chi connectivity index (χ0v) is 25.5. The molecule has 0 spiro atoms. The molecule has 3 aromatic heterocycles. The van der Waals surface area contributed by atoms with Crippen LogP contribution in [0.1, 0.15) is 65.3 Å². The van der Waals surface area contributed by atoms with Gasteiger partial charge in [-0.2, -0.15) is 4.98 Å². The van der Waals surface area contributed by atoms with Crippen molar-refractivity contribution in [3.63, 3.8) is 0 Å². The van der Waals surface area contributed by atoms with Gasteiger partial charge < -0.3 is 4.52 Å². The van der Waals surface area contributed by atoms with Gasteiger partial charge in [-0.1, -0.05) is 102 Å². The smallest absolute Gasteiger partial charge is 0.339 e. The lowest BCUT2D eigenvalue weighted by Crippen LogP contribution is -2.30. The number of benzene rings is 3. The number of aryl methyl sites for hydroxylation is 3. The maximum Gasteiger partial charge on any atom is 0.439 e. The van der Waals surface area contributed by atoms with Crippen molar-refractivity contribution in [1.82, 2.24) is 29.8 Å². The van der Waals surface area contributed by atoms with Gasteiger partial charge in [-0.25, -0.2) is 9.78 Å². The van der Waals surface area contributed by atoms with Crippen molar-refractivity contribution in [1.29, 1.82) is 0 Å². The summed E-state index contributed by atoms with van der Waals surface area (Å²) in [6, 6.07) is 23.9. The van der Waals surface area contributed by atoms with Crippen LogP contribution in [0.25, 0.3) is 22.5 Å². The minimum atomic E-state index is -0.604. The van der Waals surface area contributed by atoms with Crippen LogP contribution in [0.4, 0.5) is 0 Å². The molecule has 3 aromatic carbocycles. The molecule has 0 fully saturated rings. The van der Waals surface area contributed by atoms with Crippen molar-refractivity contribution in [3.8, 4) is 22.5 Å². The number of hydrogen-bond acceptors (Lipinski definition) is 8. The highest BCUT2D eigenvalue weighted by atomic mass is 16.5. The van der Waals surface area contributed by atoms with E-state index in [2.05, 4.69) is 33.3 Å². The summed E-state index contributed by atoms with van der Waals surface area (Å²) >= 11 is 0. The molecule has 6 aromatic rings. The predicted molar refractivity (Wildman–Crippen MR) is 170 cm³/mol. The Morgan fingerprint density at radius 2 is 1.62 bits per heavy atom. The lowest BCUT2D eigenvalue weighted by Gasteiger charge is -2.16. The standard InChI is InChI=1S/C35H34N6O4/c1-4-5-13-31-36-23(3)29(20-32-37-30(39-44-32)19-25-10-8-9-22(2)18-25)34(42)41(31)21-24-14-16-26(17-15-24)27-11-6-7-12-28(27)33-38-35(43)45-40-33/h6-12,14-18H,4-5,13,19-21H2,1-3H3,(H,38,40,43). The number of nitrogens with zero attached hydrogens (tertiary/aromatic N) is 5. The van der Waals surface area contributed by atoms with Gasteiger partial charge in [0.15, 0.2) is 11.6 Å². The highest BCUT2D eigenvalue weighted by Gasteiger charge is 2.19. The van der Waals surface area contributed by atoms with Gasteiger partial charge in [-0.15, -0.1) is 0 Å². The van der Waals surface area contributed by atoms with E-state index in [0.29, 0.717) is 48.2 Å². The summed E-state index contributed by atoms with van der Waals surface area (Å²) in [6.45, 7) is 6.42. The van der Waals surface area contributed by atoms with Crippen molar-refractivity contribution < 1.29 is 9.05 Å². The van der Waals surface area contributed by atoms with Crippen LogP contribution < -0.4 is 11.3 Å². The van der Waals surface area contributed by atoms with Crippen molar-refractivity contribution in [3.05, 3.63) is 139 Å². The molecule has 1 N–H and O–H groups in total. The maximum absolute atomic E-state index is 14.0. The minimum Gasteiger partial charge on any atom is -0.339 e. The van der Waals surface area contributed by atoms with E-state index in [9.17, 15) is 9.59 Å². The van der Waals surface area contributed by atoms with Gasteiger partial charge in [0.1, 0.15) is 5.82 Å². The van der Waals surface area contributed by atoms with Crippen LogP contribution in [0.15, 0.2) is 91.4 Å². The third-order valence-electron chi connectivity index (χ3n) is 7.81. The van der Waals surface area contributed by atoms with E-state index in [4.69, 9.17) is 14.0 Å². The van der Waals surface area contributed by atoms with Crippen LogP contribution in [-0.2, 0) is 25.8 Å². The summed E-state index contributed by atoms with van der Waals surface area (Å²) in [6.07, 6.45) is 3.39. The number of rotatable bonds is 11. The summed E-state index contributed by atoms with van der Waals surface area (Å²) in [5.41, 5.74) is 6.96. The Bertz CT molecular complexity index is 2050. The summed E-state index contributed by atoms with van der Waals surface area (Å²) < 4.78 is 12.1. The molecule has 0 aliphatic carbocycles. The van der Waals surface area contributed by atoms with E-state index in [-0.39, 0.29) is 12.0 Å². The van der Waals surface area contributed by atoms with Crippen LogP contribution in [0, 0.1) is 13.8 Å². The van der Waals surface area contributed by atoms with Gasteiger partial charge in [-0.05, 0) is 42.5 Å². The van der Waals surface area contributed by atoms with Gasteiger partial charge in [-0.3, -0.25) is 18.9 Å². The molecule has 3 heterocycles. The van der Waals surface area contributed by atoms with E-state index in [1.165, 1.54) is 5.56 Å². The molecule has 0 amide bonds. The Labute approximate surface area is 259 Å². The third-order valence-corrected chi connectivity index (χ3v) is 7.81. The first-order valence-corrected chi connectivity index (χ1v) is 15.1. The normalized spacial score (nSPS) is 11.3. The quantitative estimate of drug-likeness (QED) is 0.196. The Balaban J connectivity index is 1.27. The van der Waals surface area contributed by atoms with E-state index in [1.807, 2.05) is 80.6 Å². The Hall–Kier alpha value is -5.38. The lowest BCUT2D eigenvalue weighted by molar-refractivity contribution is 0.379. The molecule has 10 nitrogen and oxygen atoms in total. The SMILES string of the molecule is CCCCc1nc(C)c(Cc2nc(Cc3cccc(C)c3)no2)c(=O)n1Cc1ccc(-c2ccccc2-c2noc(=O)[nH]2)cc1. The summed E-state index contributed by atoms with van der Waals surface area (Å²) in [4.78, 5) is 37.6. The molecular weight excluding hydrogens is 568 g/mol. The summed E-state index contributed by atoms with van der Waals surface area (Å²) in [5, 5.41) is 8.02. The van der Waals surface area contributed by atoms with Gasteiger partial charge in [0.25, 0.3) is 5.56 Å². The average Bonchev–Trinajstić information content (AvgIpc) is 3.68. The Morgan fingerprint density at radius 1 is 0.822 bits per heavy atom. The van der Waals surface area contributed by atoms with Crippen LogP contribution in [0.2, 0.25) is 0 Å². The first-order valence-electron chi connectivity index (χ1n) is 15.1. The molecule has 0 aliphatic rings. The zero-order valence-electron chi connectivity index (χ0n) is 25.5. The molecule has 0 unspecified atom stereocenters. The van der Waals surface area contributed by atoms with E-state index >= 15 is 0 Å². The second-order valence-corrected chi connectivity index (χ2v) is 11.2. The lowest BCUT2D eigenvalue weighted by atomic mass is 9.98. The molecule has 0 saturated heterocycles. The number of H-pyrrole nitrogens is 1. The molecule has 0 bridgehead atoms. The molecule has 10 heteroatoms. The zero-order chi connectivity index (χ0) is 31.3. The fourth-order valence-electron chi connectivity index (χ4n) is 5.50. The van der Waals surface area contributed by atoms with E-state index in [0.717, 1.165) is 46.5 Å². The molecule has 0 aliphatic heterocycles. The minimum absolute atomic E-state index is 0.101. The van der Waals surface area contributed by atoms with Gasteiger partial charge in [0.05, 0.1) is 13.0 Å². The first kappa shape index (κ1) is 29.7. The van der Waals surface area contributed by atoms with Crippen LogP contribution in [0.3, 0.4) is 0 Å². The monoisotopic (exact) mass is 602 g/mol. The Morgan fingerprint density at radius 3 is 2.36 bits per heavy atom. The average molecular weight is 603 g/mol. The molecule has 0 radical (unpaired) electrons. The summed E-state index contributed by atoms with van der Waals surface area (Å²) in [7, 11) is 0. The molecule has 228 valence electrons. The third kappa shape index (κ3) is 6.75. The maximum atomic E-state index is 14.0. The second-order valence-electron chi connectivity index (χ2n) is 11.2. The predicted octanol–water partition coefficient (Wildman–Crippen LogP) is 5.83. The van der Waals surface area contributed by atoms with E-state index < -0.39 is 5.76 Å². The summed E-state index contributed by atoms with van der Waals surface area (Å²) in [5.74, 6) is 1.50. The van der Waals surface area contributed by atoms with Crippen molar-refractivity contribution >= 4 is 0 Å². The number of aromatic nitrogens is 6. The molecular formula is C35H34N6O4. The van der Waals surface area contributed by atoms with Crippen molar-refractivity contribution in [2.75, 3.05) is 0 Å². The Kier molecular flexibility index (Phi) is 8.63. The molecule has 6 rings (SSSR count). The fourth-order valence-corrected chi connectivity index (χ4v) is 5.50. The molecule has 45 heavy (non-hydrogen) atoms. The van der Waals surface area contributed by atoms with Gasteiger partial charge >= 0.3 is 5.76 Å². The van der Waals surface area contributed by atoms with Crippen LogP contribution in [0.5, 0.6) is 0 Å². The van der Waals surface area contributed by atoms with Crippen LogP contribution >= 0.6 is 0 Å². The molecule has 0 saturated carbocycles.